The summed E-state index contributed by atoms with van der Waals surface area (Å²) < 4.78 is 90.5. The lowest BCUT2D eigenvalue weighted by Gasteiger charge is -2.67. The van der Waals surface area contributed by atoms with E-state index in [1.54, 1.807) is 57.2 Å². The number of amides is 1. The largest absolute Gasteiger partial charge is 0.456 e. The lowest BCUT2D eigenvalue weighted by atomic mass is 9.44. The summed E-state index contributed by atoms with van der Waals surface area (Å²) in [4.78, 5) is 70.9. The number of ketones is 1. The van der Waals surface area contributed by atoms with E-state index < -0.39 is 140 Å². The van der Waals surface area contributed by atoms with Crippen LogP contribution < -0.4 is 5.32 Å². The quantitative estimate of drug-likeness (QED) is 0.171. The van der Waals surface area contributed by atoms with Crippen LogP contribution >= 0.6 is 0 Å². The van der Waals surface area contributed by atoms with Crippen molar-refractivity contribution in [2.75, 3.05) is 20.7 Å². The molecule has 2 aromatic rings. The van der Waals surface area contributed by atoms with Crippen LogP contribution in [0.5, 0.6) is 0 Å². The molecule has 2 saturated carbocycles. The van der Waals surface area contributed by atoms with Crippen LogP contribution in [0.25, 0.3) is 0 Å². The van der Waals surface area contributed by atoms with E-state index in [1.807, 2.05) is 0 Å². The fourth-order valence-corrected chi connectivity index (χ4v) is 9.79. The van der Waals surface area contributed by atoms with E-state index in [-0.39, 0.29) is 22.3 Å². The number of ether oxygens (including phenoxy) is 7. The van der Waals surface area contributed by atoms with E-state index in [1.165, 1.54) is 52.0 Å². The molecule has 15 heteroatoms. The molecule has 0 radical (unpaired) electrons. The Morgan fingerprint density at radius 2 is 1.60 bits per heavy atom. The van der Waals surface area contributed by atoms with Crippen LogP contribution in [0.1, 0.15) is 98.4 Å². The number of alkyl carbamates (subject to hydrolysis) is 1. The van der Waals surface area contributed by atoms with Crippen LogP contribution in [0.4, 0.5) is 4.79 Å². The Hall–Kier alpha value is -4.67. The highest BCUT2D eigenvalue weighted by Crippen LogP contribution is 2.64. The molecule has 0 aromatic heterocycles. The zero-order valence-corrected chi connectivity index (χ0v) is 34.8. The highest BCUT2D eigenvalue weighted by atomic mass is 16.6. The summed E-state index contributed by atoms with van der Waals surface area (Å²) in [5.41, 5.74) is -9.76. The summed E-state index contributed by atoms with van der Waals surface area (Å²) in [6, 6.07) is 14.0. The maximum absolute atomic E-state index is 15.9. The second-order valence-electron chi connectivity index (χ2n) is 17.8. The van der Waals surface area contributed by atoms with Gasteiger partial charge in [-0.3, -0.25) is 9.59 Å². The second-order valence-corrected chi connectivity index (χ2v) is 17.8. The van der Waals surface area contributed by atoms with Crippen molar-refractivity contribution in [3.8, 4) is 0 Å². The standard InChI is InChI=1S/C45H57NO14/c1-24-28(57-39(51)33(48)32(26-17-13-11-14-18-26)46-40(52)60-41(3,4)5)22-45(53)37(58-38(50)27-19-15-12-16-20-27)35-43(8,36(49)34(55-10)31(24)42(45,6)7)29(54-9)21-30-44(35,23-56-30)59-25(2)47/h11-20,28-30,32-35,37,48,53H,21-23H2,1-10H3,(H,46,52)/t28-,29-,30+,32+,33-,34+,35-,37-,43+,44-,45?/m0/s1/i9D3,10D3. The molecular formula is C45H57NO14. The Kier molecular flexibility index (Phi) is 10.1. The van der Waals surface area contributed by atoms with Gasteiger partial charge in [-0.05, 0) is 63.5 Å². The van der Waals surface area contributed by atoms with Gasteiger partial charge in [0.05, 0.1) is 43.9 Å². The molecule has 2 bridgehead atoms. The van der Waals surface area contributed by atoms with E-state index >= 15 is 4.79 Å². The van der Waals surface area contributed by atoms with Gasteiger partial charge in [0.15, 0.2) is 17.5 Å². The van der Waals surface area contributed by atoms with Gasteiger partial charge in [-0.1, -0.05) is 62.4 Å². The molecule has 1 saturated heterocycles. The molecule has 2 aromatic carbocycles. The summed E-state index contributed by atoms with van der Waals surface area (Å²) in [6.07, 6.45) is -13.0. The van der Waals surface area contributed by atoms with Gasteiger partial charge in [0.2, 0.25) is 0 Å². The number of benzene rings is 2. The third kappa shape index (κ3) is 7.52. The van der Waals surface area contributed by atoms with Crippen molar-refractivity contribution in [1.29, 1.82) is 0 Å². The minimum Gasteiger partial charge on any atom is -0.456 e. The first-order valence-electron chi connectivity index (χ1n) is 22.7. The van der Waals surface area contributed by atoms with Crippen molar-refractivity contribution in [2.24, 2.45) is 16.7 Å². The highest BCUT2D eigenvalue weighted by molar-refractivity contribution is 5.94. The van der Waals surface area contributed by atoms with Crippen LogP contribution in [-0.4, -0.2) is 114 Å². The van der Waals surface area contributed by atoms with Gasteiger partial charge in [-0.25, -0.2) is 14.4 Å². The van der Waals surface area contributed by atoms with E-state index in [0.29, 0.717) is 0 Å². The minimum atomic E-state index is -3.35. The first-order valence-corrected chi connectivity index (χ1v) is 19.7. The molecule has 1 heterocycles. The van der Waals surface area contributed by atoms with Crippen molar-refractivity contribution >= 4 is 29.8 Å². The number of nitrogens with one attached hydrogen (secondary N) is 1. The molecule has 1 aliphatic heterocycles. The minimum absolute atomic E-state index is 0.0111. The Balaban J connectivity index is 1.60. The lowest BCUT2D eigenvalue weighted by molar-refractivity contribution is -0.347. The van der Waals surface area contributed by atoms with Crippen LogP contribution in [0, 0.1) is 16.7 Å². The van der Waals surface area contributed by atoms with Crippen molar-refractivity contribution in [2.45, 2.75) is 128 Å². The molecule has 60 heavy (non-hydrogen) atoms. The van der Waals surface area contributed by atoms with E-state index in [4.69, 9.17) is 41.4 Å². The molecule has 3 N–H and O–H groups in total. The van der Waals surface area contributed by atoms with Gasteiger partial charge in [-0.15, -0.1) is 0 Å². The molecule has 3 aliphatic carbocycles. The molecule has 15 nitrogen and oxygen atoms in total. The first kappa shape index (κ1) is 37.1. The summed E-state index contributed by atoms with van der Waals surface area (Å²) in [6.45, 7) is 11.0. The number of hydrogen-bond donors (Lipinski definition) is 3. The molecule has 3 fully saturated rings. The van der Waals surface area contributed by atoms with E-state index in [2.05, 4.69) is 5.32 Å². The average Bonchev–Trinajstić information content (AvgIpc) is 3.19. The monoisotopic (exact) mass is 841 g/mol. The van der Waals surface area contributed by atoms with Crippen LogP contribution in [0.3, 0.4) is 0 Å². The number of esters is 3. The van der Waals surface area contributed by atoms with Crippen LogP contribution in [-0.2, 0) is 47.5 Å². The molecule has 11 atom stereocenters. The fourth-order valence-electron chi connectivity index (χ4n) is 9.79. The third-order valence-electron chi connectivity index (χ3n) is 12.8. The Morgan fingerprint density at radius 1 is 0.967 bits per heavy atom. The number of hydrogen-bond acceptors (Lipinski definition) is 14. The number of aliphatic hydroxyl groups excluding tert-OH is 1. The zero-order chi connectivity index (χ0) is 49.2. The van der Waals surface area contributed by atoms with Crippen molar-refractivity contribution < 1.29 is 75.6 Å². The number of carbonyl (C=O) groups is 5. The molecule has 4 aliphatic rings. The number of rotatable bonds is 10. The van der Waals surface area contributed by atoms with Gasteiger partial charge >= 0.3 is 24.0 Å². The van der Waals surface area contributed by atoms with Gasteiger partial charge in [0.1, 0.15) is 35.6 Å². The zero-order valence-electron chi connectivity index (χ0n) is 40.8. The lowest BCUT2D eigenvalue weighted by Crippen LogP contribution is -2.82. The molecule has 6 rings (SSSR count). The number of fused-ring (bicyclic) bond motifs is 5. The summed E-state index contributed by atoms with van der Waals surface area (Å²) in [5, 5.41) is 28.1. The normalized spacial score (nSPS) is 34.9. The predicted molar refractivity (Wildman–Crippen MR) is 213 cm³/mol. The van der Waals surface area contributed by atoms with Crippen molar-refractivity contribution in [3.05, 3.63) is 82.9 Å². The van der Waals surface area contributed by atoms with Crippen molar-refractivity contribution in [3.63, 3.8) is 0 Å². The van der Waals surface area contributed by atoms with Crippen molar-refractivity contribution in [1.82, 2.24) is 5.32 Å². The van der Waals surface area contributed by atoms with Gasteiger partial charge in [0.25, 0.3) is 0 Å². The molecule has 326 valence electrons. The van der Waals surface area contributed by atoms with Gasteiger partial charge < -0.3 is 48.7 Å². The molecule has 1 amide bonds. The van der Waals surface area contributed by atoms with Crippen LogP contribution in [0.2, 0.25) is 0 Å². The molecule has 1 unspecified atom stereocenters. The SMILES string of the molecule is [2H]C([2H])([2H])O[C@H]1C(=O)[C@]2(C)[C@@H](OC([2H])([2H])[2H])C[C@H]3OC[C@@]3(OC(C)=O)[C@H]2[C@H](OC(=O)c2ccccc2)C2(O)C[C@H](OC(=O)[C@@H](O)[C@H](NC(=O)OC(C)(C)C)c3ccccc3)C(C)=C1C2(C)C. The Morgan fingerprint density at radius 3 is 2.17 bits per heavy atom. The maximum atomic E-state index is 15.9. The Labute approximate surface area is 358 Å². The third-order valence-corrected chi connectivity index (χ3v) is 12.8. The summed E-state index contributed by atoms with van der Waals surface area (Å²) >= 11 is 0. The maximum Gasteiger partial charge on any atom is 0.408 e. The molecular weight excluding hydrogens is 778 g/mol. The number of carbonyl (C=O) groups excluding carboxylic acids is 5. The average molecular weight is 842 g/mol. The Bertz CT molecular complexity index is 2230. The summed E-state index contributed by atoms with van der Waals surface area (Å²) in [5.74, 6) is -6.18. The topological polar surface area (TPSA) is 202 Å². The first-order chi connectivity index (χ1) is 30.4. The smallest absolute Gasteiger partial charge is 0.408 e. The number of methoxy groups -OCH3 is 2. The second kappa shape index (κ2) is 16.3. The fraction of sp³-hybridized carbons (Fsp3) is 0.578. The molecule has 0 spiro atoms. The highest BCUT2D eigenvalue weighted by Gasteiger charge is 2.78. The van der Waals surface area contributed by atoms with Crippen LogP contribution in [0.15, 0.2) is 71.8 Å². The van der Waals surface area contributed by atoms with Gasteiger partial charge in [-0.2, -0.15) is 0 Å². The summed E-state index contributed by atoms with van der Waals surface area (Å²) in [7, 11) is -6.55. The number of aliphatic hydroxyl groups is 2. The van der Waals surface area contributed by atoms with E-state index in [0.717, 1.165) is 6.92 Å². The van der Waals surface area contributed by atoms with E-state index in [9.17, 15) is 29.4 Å². The predicted octanol–water partition coefficient (Wildman–Crippen LogP) is 4.57. The number of Topliss-reactive ketones (excluding diaryl/α,β-unsaturated/α-hetero) is 1. The van der Waals surface area contributed by atoms with Gasteiger partial charge in [0, 0.05) is 39.3 Å².